The summed E-state index contributed by atoms with van der Waals surface area (Å²) in [6.07, 6.45) is 2.09. The Morgan fingerprint density at radius 1 is 1.04 bits per heavy atom. The predicted molar refractivity (Wildman–Crippen MR) is 103 cm³/mol. The lowest BCUT2D eigenvalue weighted by Gasteiger charge is -2.25. The van der Waals surface area contributed by atoms with Crippen LogP contribution in [0.25, 0.3) is 0 Å². The van der Waals surface area contributed by atoms with Crippen LogP contribution in [0.15, 0.2) is 53.5 Å². The lowest BCUT2D eigenvalue weighted by molar-refractivity contribution is 0.379. The van der Waals surface area contributed by atoms with E-state index in [2.05, 4.69) is 49.3 Å². The van der Waals surface area contributed by atoms with Crippen LogP contribution in [-0.4, -0.2) is 44.4 Å². The van der Waals surface area contributed by atoms with E-state index in [-0.39, 0.29) is 12.4 Å². The summed E-state index contributed by atoms with van der Waals surface area (Å²) in [7, 11) is 5.95. The van der Waals surface area contributed by atoms with Crippen LogP contribution >= 0.6 is 12.4 Å². The molecule has 0 spiro atoms. The summed E-state index contributed by atoms with van der Waals surface area (Å²) in [6, 6.07) is 17.1. The molecule has 0 aromatic heterocycles. The first kappa shape index (κ1) is 18.5. The molecule has 128 valence electrons. The summed E-state index contributed by atoms with van der Waals surface area (Å²) in [6.45, 7) is 1.05. The number of rotatable bonds is 5. The van der Waals surface area contributed by atoms with Crippen molar-refractivity contribution in [3.8, 4) is 5.75 Å². The number of aliphatic imine (C=N–C) groups is 1. The highest BCUT2D eigenvalue weighted by Gasteiger charge is 2.23. The molecule has 0 bridgehead atoms. The van der Waals surface area contributed by atoms with E-state index in [1.165, 1.54) is 11.1 Å². The minimum atomic E-state index is 0. The molecule has 1 atom stereocenters. The van der Waals surface area contributed by atoms with Gasteiger partial charge in [-0.05, 0) is 51.2 Å². The minimum Gasteiger partial charge on any atom is -0.496 e. The van der Waals surface area contributed by atoms with Crippen LogP contribution in [0.3, 0.4) is 0 Å². The maximum absolute atomic E-state index is 5.56. The molecule has 1 aliphatic rings. The van der Waals surface area contributed by atoms with Gasteiger partial charge in [0.25, 0.3) is 0 Å². The maximum Gasteiger partial charge on any atom is 0.128 e. The van der Waals surface area contributed by atoms with E-state index in [1.54, 1.807) is 7.11 Å². The van der Waals surface area contributed by atoms with Crippen molar-refractivity contribution in [3.05, 3.63) is 65.2 Å². The first-order valence-corrected chi connectivity index (χ1v) is 8.13. The molecule has 3 rings (SSSR count). The summed E-state index contributed by atoms with van der Waals surface area (Å²) < 4.78 is 5.56. The maximum atomic E-state index is 5.56. The van der Waals surface area contributed by atoms with Crippen LogP contribution in [-0.2, 0) is 6.42 Å². The molecule has 0 radical (unpaired) electrons. The van der Waals surface area contributed by atoms with E-state index < -0.39 is 0 Å². The molecule has 0 N–H and O–H groups in total. The van der Waals surface area contributed by atoms with E-state index in [0.717, 1.165) is 36.4 Å². The molecule has 4 heteroatoms. The fraction of sp³-hybridized carbons (Fsp3) is 0.350. The number of methoxy groups -OCH3 is 1. The summed E-state index contributed by atoms with van der Waals surface area (Å²) in [4.78, 5) is 7.30. The van der Waals surface area contributed by atoms with Crippen molar-refractivity contribution < 1.29 is 4.74 Å². The Morgan fingerprint density at radius 2 is 1.71 bits per heavy atom. The molecule has 1 unspecified atom stereocenters. The lowest BCUT2D eigenvalue weighted by Crippen LogP contribution is -2.26. The van der Waals surface area contributed by atoms with Crippen LogP contribution in [0.2, 0.25) is 0 Å². The molecule has 3 nitrogen and oxygen atoms in total. The van der Waals surface area contributed by atoms with Gasteiger partial charge in [0.05, 0.1) is 18.9 Å². The summed E-state index contributed by atoms with van der Waals surface area (Å²) in [5.74, 6) is 0.884. The highest BCUT2D eigenvalue weighted by Crippen LogP contribution is 2.29. The van der Waals surface area contributed by atoms with Gasteiger partial charge in [0.1, 0.15) is 5.75 Å². The molecule has 0 saturated carbocycles. The topological polar surface area (TPSA) is 24.8 Å². The predicted octanol–water partition coefficient (Wildman–Crippen LogP) is 3.83. The number of hydrogen-bond donors (Lipinski definition) is 0. The molecule has 2 aromatic rings. The second kappa shape index (κ2) is 8.32. The van der Waals surface area contributed by atoms with Crippen molar-refractivity contribution in [1.82, 2.24) is 4.90 Å². The highest BCUT2D eigenvalue weighted by molar-refractivity contribution is 6.15. The van der Waals surface area contributed by atoms with Gasteiger partial charge in [0, 0.05) is 11.1 Å². The zero-order valence-electron chi connectivity index (χ0n) is 14.5. The van der Waals surface area contributed by atoms with E-state index >= 15 is 0 Å². The van der Waals surface area contributed by atoms with Crippen LogP contribution in [0.4, 0.5) is 0 Å². The smallest absolute Gasteiger partial charge is 0.128 e. The van der Waals surface area contributed by atoms with Crippen molar-refractivity contribution >= 4 is 18.1 Å². The fourth-order valence-electron chi connectivity index (χ4n) is 3.11. The van der Waals surface area contributed by atoms with E-state index in [4.69, 9.17) is 9.73 Å². The average molecular weight is 345 g/mol. The number of benzene rings is 2. The van der Waals surface area contributed by atoms with Gasteiger partial charge in [-0.15, -0.1) is 12.4 Å². The second-order valence-electron chi connectivity index (χ2n) is 6.29. The molecule has 2 aromatic carbocycles. The molecule has 1 aliphatic heterocycles. The Hall–Kier alpha value is -1.84. The average Bonchev–Trinajstić information content (AvgIpc) is 2.59. The number of hydrogen-bond acceptors (Lipinski definition) is 3. The second-order valence-corrected chi connectivity index (χ2v) is 6.29. The number of fused-ring (bicyclic) bond motifs is 1. The standard InChI is InChI=1S/C20H24N2O.ClH/c1-22(2)13-12-16-14-15-8-4-5-9-17(15)20(21-16)18-10-6-7-11-19(18)23-3;/h4-11,16H,12-14H2,1-3H3;1H. The van der Waals surface area contributed by atoms with Gasteiger partial charge in [-0.2, -0.15) is 0 Å². The summed E-state index contributed by atoms with van der Waals surface area (Å²) in [5.41, 5.74) is 4.76. The Morgan fingerprint density at radius 3 is 2.42 bits per heavy atom. The highest BCUT2D eigenvalue weighted by atomic mass is 35.5. The van der Waals surface area contributed by atoms with Gasteiger partial charge in [0.2, 0.25) is 0 Å². The number of nitrogens with zero attached hydrogens (tertiary/aromatic N) is 2. The van der Waals surface area contributed by atoms with Gasteiger partial charge in [-0.1, -0.05) is 36.4 Å². The largest absolute Gasteiger partial charge is 0.496 e. The molecule has 24 heavy (non-hydrogen) atoms. The third kappa shape index (κ3) is 3.97. The molecule has 1 heterocycles. The number of halogens is 1. The normalized spacial score (nSPS) is 16.2. The van der Waals surface area contributed by atoms with Crippen molar-refractivity contribution in [1.29, 1.82) is 0 Å². The molecular weight excluding hydrogens is 320 g/mol. The van der Waals surface area contributed by atoms with Crippen molar-refractivity contribution in [2.24, 2.45) is 4.99 Å². The zero-order valence-corrected chi connectivity index (χ0v) is 15.3. The van der Waals surface area contributed by atoms with E-state index in [0.29, 0.717) is 6.04 Å². The van der Waals surface area contributed by atoms with Gasteiger partial charge in [-0.3, -0.25) is 4.99 Å². The molecule has 0 fully saturated rings. The van der Waals surface area contributed by atoms with Gasteiger partial charge in [-0.25, -0.2) is 0 Å². The lowest BCUT2D eigenvalue weighted by atomic mass is 9.89. The molecule has 0 saturated heterocycles. The zero-order chi connectivity index (χ0) is 16.2. The number of para-hydroxylation sites is 1. The summed E-state index contributed by atoms with van der Waals surface area (Å²) in [5, 5.41) is 0. The van der Waals surface area contributed by atoms with E-state index in [1.807, 2.05) is 18.2 Å². The van der Waals surface area contributed by atoms with Crippen LogP contribution in [0.1, 0.15) is 23.1 Å². The molecular formula is C20H25ClN2O. The van der Waals surface area contributed by atoms with Crippen molar-refractivity contribution in [2.45, 2.75) is 18.9 Å². The van der Waals surface area contributed by atoms with Gasteiger partial charge in [0.15, 0.2) is 0 Å². The molecule has 0 aliphatic carbocycles. The molecule has 0 amide bonds. The number of ether oxygens (including phenoxy) is 1. The van der Waals surface area contributed by atoms with Crippen LogP contribution < -0.4 is 4.74 Å². The summed E-state index contributed by atoms with van der Waals surface area (Å²) >= 11 is 0. The fourth-order valence-corrected chi connectivity index (χ4v) is 3.11. The third-order valence-electron chi connectivity index (χ3n) is 4.31. The van der Waals surface area contributed by atoms with Crippen molar-refractivity contribution in [2.75, 3.05) is 27.7 Å². The van der Waals surface area contributed by atoms with Crippen LogP contribution in [0.5, 0.6) is 5.75 Å². The van der Waals surface area contributed by atoms with Crippen molar-refractivity contribution in [3.63, 3.8) is 0 Å². The Balaban J connectivity index is 0.00000208. The Bertz CT molecular complexity index is 712. The van der Waals surface area contributed by atoms with Gasteiger partial charge < -0.3 is 9.64 Å². The quantitative estimate of drug-likeness (QED) is 0.823. The SMILES string of the molecule is COc1ccccc1C1=NC(CCN(C)C)Cc2ccccc21.Cl. The first-order chi connectivity index (χ1) is 11.2. The third-order valence-corrected chi connectivity index (χ3v) is 4.31. The first-order valence-electron chi connectivity index (χ1n) is 8.13. The Kier molecular flexibility index (Phi) is 6.41. The van der Waals surface area contributed by atoms with Crippen LogP contribution in [0, 0.1) is 0 Å². The minimum absolute atomic E-state index is 0. The Labute approximate surface area is 150 Å². The van der Waals surface area contributed by atoms with E-state index in [9.17, 15) is 0 Å². The monoisotopic (exact) mass is 344 g/mol. The van der Waals surface area contributed by atoms with Gasteiger partial charge >= 0.3 is 0 Å².